The van der Waals surface area contributed by atoms with Crippen molar-refractivity contribution >= 4 is 40.6 Å². The number of amides is 3. The Hall–Kier alpha value is -1.85. The van der Waals surface area contributed by atoms with Gasteiger partial charge in [0.1, 0.15) is 0 Å². The quantitative estimate of drug-likeness (QED) is 0.888. The summed E-state index contributed by atoms with van der Waals surface area (Å²) in [6.45, 7) is 1.84. The van der Waals surface area contributed by atoms with Crippen LogP contribution < -0.4 is 10.6 Å². The van der Waals surface area contributed by atoms with Gasteiger partial charge in [-0.25, -0.2) is 4.79 Å². The molecule has 0 spiro atoms. The van der Waals surface area contributed by atoms with Crippen LogP contribution in [-0.4, -0.2) is 11.9 Å². The van der Waals surface area contributed by atoms with E-state index < -0.39 is 11.9 Å². The van der Waals surface area contributed by atoms with Gasteiger partial charge in [-0.15, -0.1) is 11.3 Å². The van der Waals surface area contributed by atoms with Crippen LogP contribution in [0.1, 0.15) is 15.2 Å². The Morgan fingerprint density at radius 3 is 2.74 bits per heavy atom. The number of imide groups is 1. The second-order valence-corrected chi connectivity index (χ2v) is 5.23. The molecular formula is C13H11ClN2O2S. The monoisotopic (exact) mass is 294 g/mol. The minimum absolute atomic E-state index is 0.424. The van der Waals surface area contributed by atoms with E-state index in [1.165, 1.54) is 11.3 Å². The Labute approximate surface area is 119 Å². The molecule has 1 heterocycles. The molecule has 1 aromatic heterocycles. The van der Waals surface area contributed by atoms with E-state index in [0.29, 0.717) is 15.6 Å². The van der Waals surface area contributed by atoms with Gasteiger partial charge in [0.2, 0.25) is 0 Å². The van der Waals surface area contributed by atoms with Gasteiger partial charge in [-0.1, -0.05) is 23.7 Å². The average Bonchev–Trinajstić information content (AvgIpc) is 2.87. The first kappa shape index (κ1) is 13.6. The second-order valence-electron chi connectivity index (χ2n) is 3.84. The summed E-state index contributed by atoms with van der Waals surface area (Å²) in [4.78, 5) is 23.9. The zero-order valence-electron chi connectivity index (χ0n) is 10.1. The van der Waals surface area contributed by atoms with Crippen LogP contribution in [0.4, 0.5) is 10.5 Å². The van der Waals surface area contributed by atoms with Gasteiger partial charge in [0, 0.05) is 10.7 Å². The molecule has 4 nitrogen and oxygen atoms in total. The lowest BCUT2D eigenvalue weighted by Crippen LogP contribution is -2.34. The van der Waals surface area contributed by atoms with Crippen LogP contribution in [0.2, 0.25) is 5.02 Å². The molecule has 0 aliphatic rings. The van der Waals surface area contributed by atoms with Crippen molar-refractivity contribution in [1.29, 1.82) is 0 Å². The fourth-order valence-electron chi connectivity index (χ4n) is 1.45. The van der Waals surface area contributed by atoms with Crippen LogP contribution in [0, 0.1) is 6.92 Å². The first-order valence-corrected chi connectivity index (χ1v) is 6.74. The van der Waals surface area contributed by atoms with Crippen molar-refractivity contribution in [3.63, 3.8) is 0 Å². The Kier molecular flexibility index (Phi) is 4.19. The molecule has 98 valence electrons. The average molecular weight is 295 g/mol. The molecule has 0 aliphatic heterocycles. The molecule has 1 aromatic carbocycles. The predicted molar refractivity (Wildman–Crippen MR) is 77.0 cm³/mol. The van der Waals surface area contributed by atoms with Gasteiger partial charge in [-0.2, -0.15) is 0 Å². The summed E-state index contributed by atoms with van der Waals surface area (Å²) in [7, 11) is 0. The maximum Gasteiger partial charge on any atom is 0.326 e. The number of rotatable bonds is 2. The van der Waals surface area contributed by atoms with Gasteiger partial charge in [0.15, 0.2) is 0 Å². The largest absolute Gasteiger partial charge is 0.326 e. The lowest BCUT2D eigenvalue weighted by atomic mass is 10.2. The predicted octanol–water partition coefficient (Wildman–Crippen LogP) is 3.67. The summed E-state index contributed by atoms with van der Waals surface area (Å²) in [5, 5.41) is 7.14. The van der Waals surface area contributed by atoms with Crippen LogP contribution in [-0.2, 0) is 0 Å². The number of anilines is 1. The number of halogens is 1. The lowest BCUT2D eigenvalue weighted by Gasteiger charge is -2.09. The molecule has 2 aromatic rings. The Morgan fingerprint density at radius 1 is 1.26 bits per heavy atom. The van der Waals surface area contributed by atoms with Crippen molar-refractivity contribution in [3.8, 4) is 0 Å². The van der Waals surface area contributed by atoms with Gasteiger partial charge in [-0.05, 0) is 36.1 Å². The van der Waals surface area contributed by atoms with E-state index >= 15 is 0 Å². The number of hydrogen-bond acceptors (Lipinski definition) is 3. The Morgan fingerprint density at radius 2 is 2.05 bits per heavy atom. The maximum absolute atomic E-state index is 11.7. The highest BCUT2D eigenvalue weighted by Crippen LogP contribution is 2.20. The summed E-state index contributed by atoms with van der Waals surface area (Å²) in [5.41, 5.74) is 1.44. The number of thiophene rings is 1. The third kappa shape index (κ3) is 3.56. The van der Waals surface area contributed by atoms with Crippen LogP contribution in [0.15, 0.2) is 35.7 Å². The van der Waals surface area contributed by atoms with Crippen molar-refractivity contribution in [2.45, 2.75) is 6.92 Å². The highest BCUT2D eigenvalue weighted by atomic mass is 35.5. The number of benzene rings is 1. The number of carbonyl (C=O) groups is 2. The van der Waals surface area contributed by atoms with Gasteiger partial charge < -0.3 is 5.32 Å². The summed E-state index contributed by atoms with van der Waals surface area (Å²) in [6.07, 6.45) is 0. The topological polar surface area (TPSA) is 58.2 Å². The van der Waals surface area contributed by atoms with E-state index in [-0.39, 0.29) is 0 Å². The van der Waals surface area contributed by atoms with E-state index in [9.17, 15) is 9.59 Å². The van der Waals surface area contributed by atoms with Crippen LogP contribution >= 0.6 is 22.9 Å². The molecule has 0 bridgehead atoms. The normalized spacial score (nSPS) is 10.0. The molecule has 2 rings (SSSR count). The summed E-state index contributed by atoms with van der Waals surface area (Å²) in [5.74, 6) is -0.424. The highest BCUT2D eigenvalue weighted by molar-refractivity contribution is 7.12. The third-order valence-corrected chi connectivity index (χ3v) is 3.52. The molecule has 2 N–H and O–H groups in total. The number of aryl methyl sites for hydroxylation is 1. The molecule has 0 unspecified atom stereocenters. The van der Waals surface area contributed by atoms with Crippen molar-refractivity contribution in [1.82, 2.24) is 5.32 Å². The first-order valence-electron chi connectivity index (χ1n) is 5.48. The molecule has 0 fully saturated rings. The number of hydrogen-bond donors (Lipinski definition) is 2. The van der Waals surface area contributed by atoms with Gasteiger partial charge in [0.25, 0.3) is 5.91 Å². The number of urea groups is 1. The summed E-state index contributed by atoms with van der Waals surface area (Å²) < 4.78 is 0. The molecule has 19 heavy (non-hydrogen) atoms. The molecule has 3 amide bonds. The Balaban J connectivity index is 2.02. The molecule has 6 heteroatoms. The molecule has 0 saturated heterocycles. The Bertz CT molecular complexity index is 611. The van der Waals surface area contributed by atoms with Crippen molar-refractivity contribution < 1.29 is 9.59 Å². The van der Waals surface area contributed by atoms with Crippen molar-refractivity contribution in [2.75, 3.05) is 5.32 Å². The van der Waals surface area contributed by atoms with Crippen molar-refractivity contribution in [3.05, 3.63) is 51.2 Å². The van der Waals surface area contributed by atoms with E-state index in [1.54, 1.807) is 35.7 Å². The van der Waals surface area contributed by atoms with E-state index in [0.717, 1.165) is 5.56 Å². The minimum Gasteiger partial charge on any atom is -0.307 e. The van der Waals surface area contributed by atoms with E-state index in [2.05, 4.69) is 10.6 Å². The molecule has 0 radical (unpaired) electrons. The third-order valence-electron chi connectivity index (χ3n) is 2.42. The van der Waals surface area contributed by atoms with Crippen molar-refractivity contribution in [2.24, 2.45) is 0 Å². The second kappa shape index (κ2) is 5.86. The minimum atomic E-state index is -0.580. The first-order chi connectivity index (χ1) is 9.06. The van der Waals surface area contributed by atoms with E-state index in [1.807, 2.05) is 6.92 Å². The smallest absolute Gasteiger partial charge is 0.307 e. The SMILES string of the molecule is Cc1ccc(Cl)cc1NC(=O)NC(=O)c1cccs1. The fourth-order valence-corrected chi connectivity index (χ4v) is 2.25. The summed E-state index contributed by atoms with van der Waals surface area (Å²) >= 11 is 7.12. The van der Waals surface area contributed by atoms with Crippen LogP contribution in [0.5, 0.6) is 0 Å². The van der Waals surface area contributed by atoms with Gasteiger partial charge in [-0.3, -0.25) is 10.1 Å². The van der Waals surface area contributed by atoms with Gasteiger partial charge >= 0.3 is 6.03 Å². The standard InChI is InChI=1S/C13H11ClN2O2S/c1-8-4-5-9(14)7-10(8)15-13(18)16-12(17)11-3-2-6-19-11/h2-7H,1H3,(H2,15,16,17,18). The zero-order chi connectivity index (χ0) is 13.8. The van der Waals surface area contributed by atoms with Crippen LogP contribution in [0.25, 0.3) is 0 Å². The number of carbonyl (C=O) groups excluding carboxylic acids is 2. The fraction of sp³-hybridized carbons (Fsp3) is 0.0769. The molecular weight excluding hydrogens is 284 g/mol. The van der Waals surface area contributed by atoms with E-state index in [4.69, 9.17) is 11.6 Å². The van der Waals surface area contributed by atoms with Crippen LogP contribution in [0.3, 0.4) is 0 Å². The maximum atomic E-state index is 11.7. The molecule has 0 atom stereocenters. The zero-order valence-corrected chi connectivity index (χ0v) is 11.6. The summed E-state index contributed by atoms with van der Waals surface area (Å²) in [6, 6.07) is 7.97. The number of nitrogens with one attached hydrogen (secondary N) is 2. The lowest BCUT2D eigenvalue weighted by molar-refractivity contribution is 0.0971. The molecule has 0 aliphatic carbocycles. The van der Waals surface area contributed by atoms with Gasteiger partial charge in [0.05, 0.1) is 4.88 Å². The highest BCUT2D eigenvalue weighted by Gasteiger charge is 2.11. The molecule has 0 saturated carbocycles.